The fraction of sp³-hybridized carbons (Fsp3) is 0.667. The van der Waals surface area contributed by atoms with E-state index in [0.717, 1.165) is 12.5 Å². The zero-order chi connectivity index (χ0) is 13.5. The summed E-state index contributed by atoms with van der Waals surface area (Å²) in [6, 6.07) is 9.98. The van der Waals surface area contributed by atoms with Crippen molar-refractivity contribution in [3.63, 3.8) is 0 Å². The third kappa shape index (κ3) is 4.07. The molecule has 0 aliphatic heterocycles. The minimum atomic E-state index is 0.592. The van der Waals surface area contributed by atoms with Crippen LogP contribution in [0.3, 0.4) is 0 Å². The van der Waals surface area contributed by atoms with Crippen LogP contribution in [0, 0.1) is 5.92 Å². The molecule has 19 heavy (non-hydrogen) atoms. The molecule has 1 fully saturated rings. The predicted molar refractivity (Wildman–Crippen MR) is 83.4 cm³/mol. The maximum atomic E-state index is 3.75. The molecule has 1 heteroatoms. The van der Waals surface area contributed by atoms with E-state index in [-0.39, 0.29) is 0 Å². The first kappa shape index (κ1) is 14.6. The van der Waals surface area contributed by atoms with Gasteiger partial charge >= 0.3 is 0 Å². The molecule has 1 aliphatic carbocycles. The van der Waals surface area contributed by atoms with Crippen LogP contribution in [0.5, 0.6) is 0 Å². The molecule has 0 radical (unpaired) electrons. The molecule has 1 nitrogen and oxygen atoms in total. The third-order valence-corrected chi connectivity index (χ3v) is 4.39. The molecule has 1 saturated carbocycles. The van der Waals surface area contributed by atoms with Crippen LogP contribution in [-0.4, -0.2) is 6.54 Å². The van der Waals surface area contributed by atoms with Crippen LogP contribution < -0.4 is 5.32 Å². The molecule has 0 saturated heterocycles. The van der Waals surface area contributed by atoms with Gasteiger partial charge in [0.25, 0.3) is 0 Å². The third-order valence-electron chi connectivity index (χ3n) is 4.39. The van der Waals surface area contributed by atoms with Gasteiger partial charge < -0.3 is 5.32 Å². The molecule has 0 amide bonds. The number of benzene rings is 1. The van der Waals surface area contributed by atoms with E-state index in [0.29, 0.717) is 6.04 Å². The van der Waals surface area contributed by atoms with Gasteiger partial charge in [-0.2, -0.15) is 0 Å². The van der Waals surface area contributed by atoms with E-state index >= 15 is 0 Å². The summed E-state index contributed by atoms with van der Waals surface area (Å²) in [5.74, 6) is 0.869. The summed E-state index contributed by atoms with van der Waals surface area (Å²) in [6.07, 6.45) is 9.26. The lowest BCUT2D eigenvalue weighted by Gasteiger charge is -2.35. The molecule has 2 rings (SSSR count). The minimum Gasteiger partial charge on any atom is -0.310 e. The van der Waals surface area contributed by atoms with Crippen molar-refractivity contribution in [2.75, 3.05) is 6.54 Å². The van der Waals surface area contributed by atoms with E-state index < -0.39 is 0 Å². The van der Waals surface area contributed by atoms with Crippen LogP contribution in [-0.2, 0) is 6.42 Å². The minimum absolute atomic E-state index is 0.592. The summed E-state index contributed by atoms with van der Waals surface area (Å²) in [4.78, 5) is 0. The Hall–Kier alpha value is -0.820. The lowest BCUT2D eigenvalue weighted by atomic mass is 9.77. The molecule has 0 bridgehead atoms. The highest BCUT2D eigenvalue weighted by atomic mass is 14.9. The normalized spacial score (nSPS) is 17.2. The first-order valence-electron chi connectivity index (χ1n) is 8.17. The van der Waals surface area contributed by atoms with Crippen molar-refractivity contribution in [3.05, 3.63) is 35.4 Å². The van der Waals surface area contributed by atoms with Gasteiger partial charge in [0.15, 0.2) is 0 Å². The molecular formula is C18H29N. The van der Waals surface area contributed by atoms with E-state index in [9.17, 15) is 0 Å². The number of hydrogen-bond acceptors (Lipinski definition) is 1. The van der Waals surface area contributed by atoms with Gasteiger partial charge in [-0.05, 0) is 55.7 Å². The SMILES string of the molecule is CCCCc1ccc(C(NCCC)C2CCC2)cc1. The number of rotatable bonds is 8. The van der Waals surface area contributed by atoms with Crippen molar-refractivity contribution in [2.45, 2.75) is 64.8 Å². The summed E-state index contributed by atoms with van der Waals surface area (Å²) in [7, 11) is 0. The quantitative estimate of drug-likeness (QED) is 0.702. The summed E-state index contributed by atoms with van der Waals surface area (Å²) >= 11 is 0. The van der Waals surface area contributed by atoms with E-state index in [1.807, 2.05) is 0 Å². The Labute approximate surface area is 118 Å². The van der Waals surface area contributed by atoms with Gasteiger partial charge in [-0.3, -0.25) is 0 Å². The maximum absolute atomic E-state index is 3.75. The largest absolute Gasteiger partial charge is 0.310 e. The Morgan fingerprint density at radius 2 is 1.84 bits per heavy atom. The van der Waals surface area contributed by atoms with Gasteiger partial charge in [0.2, 0.25) is 0 Å². The van der Waals surface area contributed by atoms with E-state index in [4.69, 9.17) is 0 Å². The second kappa shape index (κ2) is 7.69. The Morgan fingerprint density at radius 3 is 2.37 bits per heavy atom. The Kier molecular flexibility index (Phi) is 5.91. The van der Waals surface area contributed by atoms with Gasteiger partial charge in [0.05, 0.1) is 0 Å². The van der Waals surface area contributed by atoms with Crippen molar-refractivity contribution in [2.24, 2.45) is 5.92 Å². The van der Waals surface area contributed by atoms with Crippen LogP contribution in [0.15, 0.2) is 24.3 Å². The van der Waals surface area contributed by atoms with Gasteiger partial charge in [0, 0.05) is 6.04 Å². The maximum Gasteiger partial charge on any atom is 0.0348 e. The average molecular weight is 259 g/mol. The fourth-order valence-electron chi connectivity index (χ4n) is 2.90. The number of unbranched alkanes of at least 4 members (excludes halogenated alkanes) is 1. The molecule has 1 atom stereocenters. The van der Waals surface area contributed by atoms with Gasteiger partial charge in [-0.15, -0.1) is 0 Å². The van der Waals surface area contributed by atoms with Gasteiger partial charge in [-0.25, -0.2) is 0 Å². The highest BCUT2D eigenvalue weighted by molar-refractivity contribution is 5.26. The highest BCUT2D eigenvalue weighted by Gasteiger charge is 2.27. The number of aryl methyl sites for hydroxylation is 1. The molecule has 1 aromatic rings. The summed E-state index contributed by atoms with van der Waals surface area (Å²) < 4.78 is 0. The Balaban J connectivity index is 1.99. The molecule has 106 valence electrons. The van der Waals surface area contributed by atoms with Crippen molar-refractivity contribution in [3.8, 4) is 0 Å². The van der Waals surface area contributed by atoms with Crippen molar-refractivity contribution < 1.29 is 0 Å². The monoisotopic (exact) mass is 259 g/mol. The molecule has 0 spiro atoms. The molecule has 0 aromatic heterocycles. The first-order chi connectivity index (χ1) is 9.35. The van der Waals surface area contributed by atoms with Crippen LogP contribution in [0.25, 0.3) is 0 Å². The highest BCUT2D eigenvalue weighted by Crippen LogP contribution is 2.37. The molecule has 1 aromatic carbocycles. The van der Waals surface area contributed by atoms with Crippen molar-refractivity contribution in [1.82, 2.24) is 5.32 Å². The second-order valence-corrected chi connectivity index (χ2v) is 5.97. The standard InChI is InChI=1S/C18H29N/c1-3-5-7-15-10-12-17(13-11-15)18(19-14-4-2)16-8-6-9-16/h10-13,16,18-19H,3-9,14H2,1-2H3. The molecular weight excluding hydrogens is 230 g/mol. The Morgan fingerprint density at radius 1 is 1.11 bits per heavy atom. The van der Waals surface area contributed by atoms with E-state index in [1.54, 1.807) is 0 Å². The zero-order valence-corrected chi connectivity index (χ0v) is 12.6. The van der Waals surface area contributed by atoms with Crippen molar-refractivity contribution >= 4 is 0 Å². The smallest absolute Gasteiger partial charge is 0.0348 e. The van der Waals surface area contributed by atoms with Gasteiger partial charge in [0.1, 0.15) is 0 Å². The Bertz CT molecular complexity index is 350. The molecule has 0 heterocycles. The fourth-order valence-corrected chi connectivity index (χ4v) is 2.90. The lowest BCUT2D eigenvalue weighted by Crippen LogP contribution is -2.32. The first-order valence-corrected chi connectivity index (χ1v) is 8.17. The molecule has 1 N–H and O–H groups in total. The van der Waals surface area contributed by atoms with Crippen LogP contribution in [0.4, 0.5) is 0 Å². The summed E-state index contributed by atoms with van der Waals surface area (Å²) in [5.41, 5.74) is 2.99. The van der Waals surface area contributed by atoms with E-state index in [2.05, 4.69) is 43.4 Å². The number of nitrogens with one attached hydrogen (secondary N) is 1. The lowest BCUT2D eigenvalue weighted by molar-refractivity contribution is 0.231. The topological polar surface area (TPSA) is 12.0 Å². The number of hydrogen-bond donors (Lipinski definition) is 1. The van der Waals surface area contributed by atoms with Gasteiger partial charge in [-0.1, -0.05) is 51.0 Å². The molecule has 1 unspecified atom stereocenters. The summed E-state index contributed by atoms with van der Waals surface area (Å²) in [6.45, 7) is 5.65. The van der Waals surface area contributed by atoms with Crippen LogP contribution >= 0.6 is 0 Å². The summed E-state index contributed by atoms with van der Waals surface area (Å²) in [5, 5.41) is 3.75. The second-order valence-electron chi connectivity index (χ2n) is 5.97. The molecule has 1 aliphatic rings. The zero-order valence-electron chi connectivity index (χ0n) is 12.6. The van der Waals surface area contributed by atoms with Crippen LogP contribution in [0.2, 0.25) is 0 Å². The van der Waals surface area contributed by atoms with Crippen LogP contribution in [0.1, 0.15) is 69.5 Å². The average Bonchev–Trinajstić information content (AvgIpc) is 2.39. The van der Waals surface area contributed by atoms with Crippen molar-refractivity contribution in [1.29, 1.82) is 0 Å². The predicted octanol–water partition coefficient (Wildman–Crippen LogP) is 4.87. The van der Waals surface area contributed by atoms with E-state index in [1.165, 1.54) is 56.1 Å².